The number of rotatable bonds is 9. The van der Waals surface area contributed by atoms with Gasteiger partial charge < -0.3 is 4.74 Å². The number of hydrogen-bond acceptors (Lipinski definition) is 1. The van der Waals surface area contributed by atoms with Crippen molar-refractivity contribution in [2.75, 3.05) is 6.61 Å². The summed E-state index contributed by atoms with van der Waals surface area (Å²) in [5.41, 5.74) is 2.46. The van der Waals surface area contributed by atoms with Crippen LogP contribution in [0, 0.1) is 23.7 Å². The molecule has 1 nitrogen and oxygen atoms in total. The summed E-state index contributed by atoms with van der Waals surface area (Å²) < 4.78 is 33.5. The number of ether oxygens (including phenoxy) is 1. The Morgan fingerprint density at radius 1 is 0.710 bits per heavy atom. The molecular formula is C28H30F2O. The summed E-state index contributed by atoms with van der Waals surface area (Å²) in [6, 6.07) is 14.6. The third-order valence-electron chi connectivity index (χ3n) is 4.72. The van der Waals surface area contributed by atoms with Crippen LogP contribution in [-0.4, -0.2) is 6.61 Å². The summed E-state index contributed by atoms with van der Waals surface area (Å²) in [6.07, 6.45) is 7.93. The zero-order valence-electron chi connectivity index (χ0n) is 18.4. The van der Waals surface area contributed by atoms with Crippen molar-refractivity contribution in [3.63, 3.8) is 0 Å². The first-order chi connectivity index (χ1) is 15.1. The first kappa shape index (κ1) is 24.2. The number of unbranched alkanes of at least 4 members (excludes halogenated alkanes) is 4. The minimum absolute atomic E-state index is 0.577. The number of allylic oxidation sites excluding steroid dienone is 2. The maximum atomic E-state index is 13.9. The summed E-state index contributed by atoms with van der Waals surface area (Å²) in [6.45, 7) is 4.95. The molecule has 0 amide bonds. The van der Waals surface area contributed by atoms with Crippen molar-refractivity contribution in [1.82, 2.24) is 0 Å². The molecule has 0 N–H and O–H groups in total. The summed E-state index contributed by atoms with van der Waals surface area (Å²) in [7, 11) is 0. The van der Waals surface area contributed by atoms with Gasteiger partial charge in [-0.2, -0.15) is 8.78 Å². The molecule has 0 bridgehead atoms. The van der Waals surface area contributed by atoms with E-state index in [1.165, 1.54) is 24.8 Å². The highest BCUT2D eigenvalue weighted by molar-refractivity contribution is 5.46. The van der Waals surface area contributed by atoms with Gasteiger partial charge in [-0.15, -0.1) is 0 Å². The van der Waals surface area contributed by atoms with Crippen LogP contribution in [0.1, 0.15) is 69.1 Å². The Morgan fingerprint density at radius 3 is 1.81 bits per heavy atom. The predicted molar refractivity (Wildman–Crippen MR) is 124 cm³/mol. The largest absolute Gasteiger partial charge is 0.494 e. The lowest BCUT2D eigenvalue weighted by molar-refractivity contribution is 0.309. The molecule has 0 aliphatic heterocycles. The van der Waals surface area contributed by atoms with Crippen molar-refractivity contribution < 1.29 is 13.5 Å². The molecule has 3 heteroatoms. The van der Waals surface area contributed by atoms with Crippen LogP contribution in [0.5, 0.6) is 5.75 Å². The number of hydrogen-bond donors (Lipinski definition) is 0. The van der Waals surface area contributed by atoms with E-state index >= 15 is 0 Å². The molecule has 0 unspecified atom stereocenters. The molecule has 0 spiro atoms. The zero-order valence-corrected chi connectivity index (χ0v) is 18.4. The van der Waals surface area contributed by atoms with Crippen LogP contribution in [0.25, 0.3) is 0 Å². The molecule has 0 aliphatic rings. The molecule has 0 fully saturated rings. The topological polar surface area (TPSA) is 9.23 Å². The fourth-order valence-electron chi connectivity index (χ4n) is 2.84. The molecule has 0 saturated heterocycles. The molecule has 31 heavy (non-hydrogen) atoms. The van der Waals surface area contributed by atoms with Gasteiger partial charge in [-0.1, -0.05) is 63.5 Å². The van der Waals surface area contributed by atoms with Crippen molar-refractivity contribution in [2.24, 2.45) is 0 Å². The highest BCUT2D eigenvalue weighted by Gasteiger charge is 2.00. The van der Waals surface area contributed by atoms with E-state index in [0.29, 0.717) is 17.7 Å². The smallest absolute Gasteiger partial charge is 0.217 e. The molecule has 2 aromatic carbocycles. The highest BCUT2D eigenvalue weighted by atomic mass is 19.2. The lowest BCUT2D eigenvalue weighted by Crippen LogP contribution is -1.95. The molecular weight excluding hydrogens is 390 g/mol. The Kier molecular flexibility index (Phi) is 11.0. The van der Waals surface area contributed by atoms with Crippen LogP contribution < -0.4 is 4.74 Å². The van der Waals surface area contributed by atoms with Crippen molar-refractivity contribution in [3.05, 3.63) is 76.9 Å². The van der Waals surface area contributed by atoms with E-state index in [9.17, 15) is 8.78 Å². The monoisotopic (exact) mass is 420 g/mol. The lowest BCUT2D eigenvalue weighted by Gasteiger charge is -2.04. The average molecular weight is 421 g/mol. The SMILES string of the molecule is CCCCCCc1ccc(C#CC(F)=C(F)C#Cc2ccc(OCCCC)cc2)cc1. The molecule has 0 aromatic heterocycles. The third-order valence-corrected chi connectivity index (χ3v) is 4.72. The summed E-state index contributed by atoms with van der Waals surface area (Å²) >= 11 is 0. The van der Waals surface area contributed by atoms with Crippen molar-refractivity contribution >= 4 is 0 Å². The van der Waals surface area contributed by atoms with Crippen LogP contribution in [0.15, 0.2) is 60.2 Å². The fourth-order valence-corrected chi connectivity index (χ4v) is 2.84. The van der Waals surface area contributed by atoms with Crippen molar-refractivity contribution in [2.45, 2.75) is 58.8 Å². The van der Waals surface area contributed by atoms with Crippen molar-refractivity contribution in [1.29, 1.82) is 0 Å². The summed E-state index contributed by atoms with van der Waals surface area (Å²) in [5.74, 6) is 8.09. The maximum absolute atomic E-state index is 13.9. The number of halogens is 2. The Balaban J connectivity index is 1.93. The normalized spacial score (nSPS) is 11.0. The van der Waals surface area contributed by atoms with E-state index in [0.717, 1.165) is 31.4 Å². The molecule has 2 rings (SSSR count). The van der Waals surface area contributed by atoms with Gasteiger partial charge >= 0.3 is 0 Å². The molecule has 0 aliphatic carbocycles. The molecule has 0 saturated carbocycles. The van der Waals surface area contributed by atoms with E-state index < -0.39 is 11.7 Å². The molecule has 0 radical (unpaired) electrons. The number of aryl methyl sites for hydroxylation is 1. The van der Waals surface area contributed by atoms with E-state index in [1.54, 1.807) is 24.3 Å². The Hall–Kier alpha value is -3.04. The predicted octanol–water partition coefficient (Wildman–Crippen LogP) is 7.54. The van der Waals surface area contributed by atoms with Crippen LogP contribution in [-0.2, 0) is 6.42 Å². The second kappa shape index (κ2) is 14.1. The van der Waals surface area contributed by atoms with Crippen LogP contribution in [0.3, 0.4) is 0 Å². The van der Waals surface area contributed by atoms with Gasteiger partial charge in [-0.3, -0.25) is 0 Å². The summed E-state index contributed by atoms with van der Waals surface area (Å²) in [5, 5.41) is 0. The average Bonchev–Trinajstić information content (AvgIpc) is 2.80. The molecule has 2 aromatic rings. The molecule has 0 heterocycles. The van der Waals surface area contributed by atoms with Crippen LogP contribution in [0.2, 0.25) is 0 Å². The van der Waals surface area contributed by atoms with Gasteiger partial charge in [0.2, 0.25) is 11.7 Å². The Morgan fingerprint density at radius 2 is 1.26 bits per heavy atom. The van der Waals surface area contributed by atoms with Crippen molar-refractivity contribution in [3.8, 4) is 29.4 Å². The van der Waals surface area contributed by atoms with Gasteiger partial charge in [-0.05, 0) is 73.1 Å². The van der Waals surface area contributed by atoms with E-state index in [2.05, 4.69) is 37.5 Å². The minimum Gasteiger partial charge on any atom is -0.494 e. The highest BCUT2D eigenvalue weighted by Crippen LogP contribution is 2.13. The van der Waals surface area contributed by atoms with E-state index in [1.807, 2.05) is 24.3 Å². The Bertz CT molecular complexity index is 949. The Labute approximate surface area is 185 Å². The minimum atomic E-state index is -1.16. The second-order valence-corrected chi connectivity index (χ2v) is 7.36. The van der Waals surface area contributed by atoms with E-state index in [-0.39, 0.29) is 0 Å². The molecule has 0 atom stereocenters. The third kappa shape index (κ3) is 9.54. The van der Waals surface area contributed by atoms with Gasteiger partial charge in [-0.25, -0.2) is 0 Å². The maximum Gasteiger partial charge on any atom is 0.217 e. The standard InChI is InChI=1S/C28H30F2O/c1-3-5-7-8-9-23-10-12-24(13-11-23)16-20-27(29)28(30)21-17-25-14-18-26(19-15-25)31-22-6-4-2/h10-15,18-19H,3-9,22H2,1-2H3. The first-order valence-corrected chi connectivity index (χ1v) is 11.0. The van der Waals surface area contributed by atoms with Gasteiger partial charge in [0.1, 0.15) is 5.75 Å². The quantitative estimate of drug-likeness (QED) is 0.301. The molecule has 162 valence electrons. The summed E-state index contributed by atoms with van der Waals surface area (Å²) in [4.78, 5) is 0. The fraction of sp³-hybridized carbons (Fsp3) is 0.357. The van der Waals surface area contributed by atoms with Crippen LogP contribution in [0.4, 0.5) is 8.78 Å². The van der Waals surface area contributed by atoms with Gasteiger partial charge in [0, 0.05) is 11.1 Å². The van der Waals surface area contributed by atoms with Gasteiger partial charge in [0.25, 0.3) is 0 Å². The number of benzene rings is 2. The van der Waals surface area contributed by atoms with Gasteiger partial charge in [0.05, 0.1) is 6.61 Å². The first-order valence-electron chi connectivity index (χ1n) is 11.0. The lowest BCUT2D eigenvalue weighted by atomic mass is 10.0. The van der Waals surface area contributed by atoms with Gasteiger partial charge in [0.15, 0.2) is 0 Å². The zero-order chi connectivity index (χ0) is 22.3. The second-order valence-electron chi connectivity index (χ2n) is 7.36. The van der Waals surface area contributed by atoms with Crippen LogP contribution >= 0.6 is 0 Å². The van der Waals surface area contributed by atoms with E-state index in [4.69, 9.17) is 4.74 Å².